The number of carbonyl (C=O) groups is 2. The number of nitrogens with zero attached hydrogens (tertiary/aromatic N) is 1. The van der Waals surface area contributed by atoms with Gasteiger partial charge in [0.1, 0.15) is 12.2 Å². The van der Waals surface area contributed by atoms with Crippen LogP contribution < -0.4 is 15.4 Å². The second-order valence-corrected chi connectivity index (χ2v) is 5.11. The second-order valence-electron chi connectivity index (χ2n) is 5.11. The van der Waals surface area contributed by atoms with Crippen molar-refractivity contribution >= 4 is 11.8 Å². The van der Waals surface area contributed by atoms with Crippen LogP contribution in [0, 0.1) is 18.3 Å². The molecule has 0 fully saturated rings. The van der Waals surface area contributed by atoms with E-state index in [1.807, 2.05) is 31.2 Å². The molecule has 0 spiro atoms. The molecule has 0 heterocycles. The first-order chi connectivity index (χ1) is 11.1. The zero-order valence-corrected chi connectivity index (χ0v) is 13.4. The Morgan fingerprint density at radius 2 is 1.83 bits per heavy atom. The molecular weight excluding hydrogens is 294 g/mol. The molecule has 23 heavy (non-hydrogen) atoms. The van der Waals surface area contributed by atoms with Crippen molar-refractivity contribution in [1.82, 2.24) is 10.6 Å². The highest BCUT2D eigenvalue weighted by molar-refractivity contribution is 5.78. The summed E-state index contributed by atoms with van der Waals surface area (Å²) in [5.41, 5.74) is 1.08. The van der Waals surface area contributed by atoms with Crippen LogP contribution in [0.3, 0.4) is 0 Å². The molecule has 0 atom stereocenters. The van der Waals surface area contributed by atoms with Gasteiger partial charge in [-0.05, 0) is 31.4 Å². The summed E-state index contributed by atoms with van der Waals surface area (Å²) in [5, 5.41) is 13.7. The van der Waals surface area contributed by atoms with Crippen LogP contribution in [0.25, 0.3) is 0 Å². The number of rotatable bonds is 10. The molecule has 2 N–H and O–H groups in total. The molecule has 0 aliphatic rings. The lowest BCUT2D eigenvalue weighted by atomic mass is 10.2. The van der Waals surface area contributed by atoms with Gasteiger partial charge in [-0.3, -0.25) is 9.59 Å². The lowest BCUT2D eigenvalue weighted by molar-refractivity contribution is -0.121. The predicted molar refractivity (Wildman–Crippen MR) is 86.8 cm³/mol. The highest BCUT2D eigenvalue weighted by Crippen LogP contribution is 2.16. The van der Waals surface area contributed by atoms with Gasteiger partial charge in [0.25, 0.3) is 0 Å². The molecule has 124 valence electrons. The van der Waals surface area contributed by atoms with E-state index in [2.05, 4.69) is 10.6 Å². The van der Waals surface area contributed by atoms with Crippen molar-refractivity contribution in [3.8, 4) is 11.8 Å². The lowest BCUT2D eigenvalue weighted by Gasteiger charge is -2.09. The minimum Gasteiger partial charge on any atom is -0.493 e. The molecule has 1 aromatic carbocycles. The third-order valence-electron chi connectivity index (χ3n) is 3.14. The highest BCUT2D eigenvalue weighted by Gasteiger charge is 2.03. The molecule has 0 bridgehead atoms. The van der Waals surface area contributed by atoms with E-state index < -0.39 is 0 Å². The number of benzene rings is 1. The van der Waals surface area contributed by atoms with Crippen LogP contribution in [0.5, 0.6) is 5.75 Å². The van der Waals surface area contributed by atoms with Crippen molar-refractivity contribution in [2.75, 3.05) is 19.7 Å². The fourth-order valence-corrected chi connectivity index (χ4v) is 1.90. The Balaban J connectivity index is 2.01. The number of para-hydroxylation sites is 1. The molecule has 1 aromatic rings. The van der Waals surface area contributed by atoms with Gasteiger partial charge in [0.05, 0.1) is 12.7 Å². The van der Waals surface area contributed by atoms with Crippen LogP contribution in [-0.2, 0) is 9.59 Å². The van der Waals surface area contributed by atoms with Crippen LogP contribution in [0.2, 0.25) is 0 Å². The summed E-state index contributed by atoms with van der Waals surface area (Å²) in [5.74, 6) is 0.537. The maximum absolute atomic E-state index is 11.6. The first-order valence-corrected chi connectivity index (χ1v) is 7.72. The maximum Gasteiger partial charge on any atom is 0.234 e. The average Bonchev–Trinajstić information content (AvgIpc) is 2.53. The molecule has 6 heteroatoms. The SMILES string of the molecule is Cc1ccccc1OCCCC(=O)NCCCNC(=O)CC#N. The number of carbonyl (C=O) groups excluding carboxylic acids is 2. The van der Waals surface area contributed by atoms with Crippen LogP contribution in [0.1, 0.15) is 31.2 Å². The van der Waals surface area contributed by atoms with Gasteiger partial charge in [-0.1, -0.05) is 18.2 Å². The molecule has 6 nitrogen and oxygen atoms in total. The summed E-state index contributed by atoms with van der Waals surface area (Å²) in [7, 11) is 0. The van der Waals surface area contributed by atoms with Crippen molar-refractivity contribution in [2.45, 2.75) is 32.6 Å². The van der Waals surface area contributed by atoms with Gasteiger partial charge >= 0.3 is 0 Å². The Morgan fingerprint density at radius 3 is 2.52 bits per heavy atom. The highest BCUT2D eigenvalue weighted by atomic mass is 16.5. The Labute approximate surface area is 136 Å². The Kier molecular flexibility index (Phi) is 8.91. The van der Waals surface area contributed by atoms with Gasteiger partial charge in [-0.2, -0.15) is 5.26 Å². The first kappa shape index (κ1) is 18.5. The van der Waals surface area contributed by atoms with E-state index in [1.54, 1.807) is 6.07 Å². The van der Waals surface area contributed by atoms with Gasteiger partial charge < -0.3 is 15.4 Å². The van der Waals surface area contributed by atoms with Crippen molar-refractivity contribution in [2.24, 2.45) is 0 Å². The zero-order valence-electron chi connectivity index (χ0n) is 13.4. The van der Waals surface area contributed by atoms with Crippen molar-refractivity contribution in [1.29, 1.82) is 5.26 Å². The van der Waals surface area contributed by atoms with Crippen molar-refractivity contribution in [3.63, 3.8) is 0 Å². The number of aryl methyl sites for hydroxylation is 1. The number of hydrogen-bond acceptors (Lipinski definition) is 4. The number of hydrogen-bond donors (Lipinski definition) is 2. The van der Waals surface area contributed by atoms with E-state index in [0.717, 1.165) is 11.3 Å². The summed E-state index contributed by atoms with van der Waals surface area (Å²) in [6, 6.07) is 9.55. The molecule has 0 aromatic heterocycles. The summed E-state index contributed by atoms with van der Waals surface area (Å²) in [6.07, 6.45) is 1.57. The molecule has 0 unspecified atom stereocenters. The molecule has 2 amide bonds. The van der Waals surface area contributed by atoms with Crippen LogP contribution in [0.4, 0.5) is 0 Å². The second kappa shape index (κ2) is 11.1. The smallest absolute Gasteiger partial charge is 0.234 e. The number of nitrogens with one attached hydrogen (secondary N) is 2. The summed E-state index contributed by atoms with van der Waals surface area (Å²) in [4.78, 5) is 22.6. The first-order valence-electron chi connectivity index (χ1n) is 7.72. The van der Waals surface area contributed by atoms with Crippen LogP contribution in [-0.4, -0.2) is 31.5 Å². The minimum absolute atomic E-state index is 0.0262. The minimum atomic E-state index is -0.285. The van der Waals surface area contributed by atoms with Gasteiger partial charge in [0.2, 0.25) is 11.8 Å². The number of ether oxygens (including phenoxy) is 1. The fourth-order valence-electron chi connectivity index (χ4n) is 1.90. The molecule has 0 aliphatic heterocycles. The summed E-state index contributed by atoms with van der Waals surface area (Å²) >= 11 is 0. The van der Waals surface area contributed by atoms with Crippen molar-refractivity contribution < 1.29 is 14.3 Å². The van der Waals surface area contributed by atoms with E-state index in [4.69, 9.17) is 10.00 Å². The Hall–Kier alpha value is -2.55. The molecule has 0 radical (unpaired) electrons. The molecule has 0 saturated heterocycles. The van der Waals surface area contributed by atoms with Crippen LogP contribution in [0.15, 0.2) is 24.3 Å². The normalized spacial score (nSPS) is 9.74. The average molecular weight is 317 g/mol. The summed E-state index contributed by atoms with van der Waals surface area (Å²) in [6.45, 7) is 3.45. The van der Waals surface area contributed by atoms with E-state index >= 15 is 0 Å². The van der Waals surface area contributed by atoms with Crippen LogP contribution >= 0.6 is 0 Å². The van der Waals surface area contributed by atoms with E-state index in [0.29, 0.717) is 39.0 Å². The third kappa shape index (κ3) is 8.47. The van der Waals surface area contributed by atoms with Gasteiger partial charge in [0, 0.05) is 19.5 Å². The van der Waals surface area contributed by atoms with E-state index in [9.17, 15) is 9.59 Å². The Morgan fingerprint density at radius 1 is 1.13 bits per heavy atom. The zero-order chi connectivity index (χ0) is 16.9. The van der Waals surface area contributed by atoms with Gasteiger partial charge in [0.15, 0.2) is 0 Å². The van der Waals surface area contributed by atoms with E-state index in [-0.39, 0.29) is 18.2 Å². The van der Waals surface area contributed by atoms with Gasteiger partial charge in [-0.15, -0.1) is 0 Å². The monoisotopic (exact) mass is 317 g/mol. The molecule has 0 saturated carbocycles. The number of amides is 2. The topological polar surface area (TPSA) is 91.2 Å². The van der Waals surface area contributed by atoms with Gasteiger partial charge in [-0.25, -0.2) is 0 Å². The maximum atomic E-state index is 11.6. The van der Waals surface area contributed by atoms with E-state index in [1.165, 1.54) is 0 Å². The predicted octanol–water partition coefficient (Wildman–Crippen LogP) is 1.69. The molecular formula is C17H23N3O3. The largest absolute Gasteiger partial charge is 0.493 e. The van der Waals surface area contributed by atoms with Crippen molar-refractivity contribution in [3.05, 3.63) is 29.8 Å². The quantitative estimate of drug-likeness (QED) is 0.642. The molecule has 0 aliphatic carbocycles. The fraction of sp³-hybridized carbons (Fsp3) is 0.471. The Bertz CT molecular complexity index is 552. The molecule has 1 rings (SSSR count). The lowest BCUT2D eigenvalue weighted by Crippen LogP contribution is -2.29. The third-order valence-corrected chi connectivity index (χ3v) is 3.14. The standard InChI is InChI=1S/C17H23N3O3/c1-14-6-2-3-7-15(14)23-13-4-8-16(21)19-11-5-12-20-17(22)9-10-18/h2-3,6-7H,4-5,8-9,11-13H2,1H3,(H,19,21)(H,20,22). The summed E-state index contributed by atoms with van der Waals surface area (Å²) < 4.78 is 5.63. The number of nitriles is 1.